The van der Waals surface area contributed by atoms with Crippen LogP contribution in [-0.2, 0) is 0 Å². The van der Waals surface area contributed by atoms with Crippen molar-refractivity contribution in [3.63, 3.8) is 0 Å². The van der Waals surface area contributed by atoms with Crippen molar-refractivity contribution in [3.05, 3.63) is 121 Å². The number of benzene rings is 4. The molecule has 3 nitrogen and oxygen atoms in total. The summed E-state index contributed by atoms with van der Waals surface area (Å²) >= 11 is 0. The molecule has 0 aliphatic rings. The van der Waals surface area contributed by atoms with Gasteiger partial charge in [-0.15, -0.1) is 5.10 Å². The maximum Gasteiger partial charge on any atom is 0.113 e. The van der Waals surface area contributed by atoms with Gasteiger partial charge in [-0.3, -0.25) is 0 Å². The van der Waals surface area contributed by atoms with Gasteiger partial charge in [0.25, 0.3) is 0 Å². The molecule has 144 valence electrons. The van der Waals surface area contributed by atoms with Crippen LogP contribution in [0.15, 0.2) is 121 Å². The molecule has 0 amide bonds. The van der Waals surface area contributed by atoms with E-state index in [0.29, 0.717) is 0 Å². The van der Waals surface area contributed by atoms with Gasteiger partial charge >= 0.3 is 0 Å². The highest BCUT2D eigenvalue weighted by Gasteiger charge is 2.20. The van der Waals surface area contributed by atoms with Gasteiger partial charge in [-0.1, -0.05) is 114 Å². The number of rotatable bonds is 5. The van der Waals surface area contributed by atoms with E-state index >= 15 is 0 Å². The molecule has 1 heterocycles. The Balaban J connectivity index is 1.64. The van der Waals surface area contributed by atoms with Crippen molar-refractivity contribution in [1.82, 2.24) is 15.0 Å². The van der Waals surface area contributed by atoms with Crippen LogP contribution in [0.25, 0.3) is 16.9 Å². The topological polar surface area (TPSA) is 30.7 Å². The quantitative estimate of drug-likeness (QED) is 0.397. The molecule has 30 heavy (non-hydrogen) atoms. The first kappa shape index (κ1) is 18.5. The number of hydrogen-bond acceptors (Lipinski definition) is 2. The van der Waals surface area contributed by atoms with E-state index in [1.807, 2.05) is 29.1 Å². The third kappa shape index (κ3) is 3.68. The van der Waals surface area contributed by atoms with E-state index in [1.54, 1.807) is 0 Å². The number of hydrogen-bond donors (Lipinski definition) is 0. The summed E-state index contributed by atoms with van der Waals surface area (Å²) in [5, 5.41) is 12.8. The molecule has 0 radical (unpaired) electrons. The predicted molar refractivity (Wildman–Crippen MR) is 126 cm³/mol. The summed E-state index contributed by atoms with van der Waals surface area (Å²) in [4.78, 5) is 0. The minimum atomic E-state index is -0.724. The van der Waals surface area contributed by atoms with Gasteiger partial charge in [0, 0.05) is 10.9 Å². The molecule has 1 aromatic heterocycles. The van der Waals surface area contributed by atoms with E-state index in [-0.39, 0.29) is 0 Å². The normalized spacial score (nSPS) is 11.0. The third-order valence-electron chi connectivity index (χ3n) is 4.96. The smallest absolute Gasteiger partial charge is 0.113 e. The lowest BCUT2D eigenvalue weighted by molar-refractivity contribution is 0.807. The van der Waals surface area contributed by atoms with Crippen LogP contribution in [0.4, 0.5) is 0 Å². The molecule has 4 aromatic carbocycles. The zero-order valence-electron chi connectivity index (χ0n) is 16.3. The molecule has 0 spiro atoms. The summed E-state index contributed by atoms with van der Waals surface area (Å²) in [7, 11) is -0.724. The Hall–Kier alpha value is -3.55. The lowest BCUT2D eigenvalue weighted by atomic mass is 10.2. The largest absolute Gasteiger partial charge is 0.219 e. The molecule has 0 aliphatic carbocycles. The third-order valence-corrected chi connectivity index (χ3v) is 7.45. The summed E-state index contributed by atoms with van der Waals surface area (Å²) in [6.45, 7) is 0. The summed E-state index contributed by atoms with van der Waals surface area (Å²) in [5.41, 5.74) is 3.00. The van der Waals surface area contributed by atoms with E-state index in [1.165, 1.54) is 15.9 Å². The Bertz CT molecular complexity index is 1200. The summed E-state index contributed by atoms with van der Waals surface area (Å²) in [5.74, 6) is 0. The van der Waals surface area contributed by atoms with Crippen LogP contribution in [0.2, 0.25) is 0 Å². The van der Waals surface area contributed by atoms with E-state index in [0.717, 1.165) is 16.9 Å². The first-order chi connectivity index (χ1) is 14.9. The number of nitrogens with zero attached hydrogens (tertiary/aromatic N) is 3. The minimum absolute atomic E-state index is 0.724. The van der Waals surface area contributed by atoms with E-state index in [2.05, 4.69) is 107 Å². The highest BCUT2D eigenvalue weighted by Crippen LogP contribution is 2.35. The summed E-state index contributed by atoms with van der Waals surface area (Å²) in [6.07, 6.45) is 2.01. The summed E-state index contributed by atoms with van der Waals surface area (Å²) < 4.78 is 1.90. The molecule has 0 bridgehead atoms. The first-order valence-corrected chi connectivity index (χ1v) is 11.2. The predicted octanol–water partition coefficient (Wildman–Crippen LogP) is 4.69. The molecule has 4 heteroatoms. The molecule has 0 atom stereocenters. The van der Waals surface area contributed by atoms with Gasteiger partial charge in [0.15, 0.2) is 0 Å². The second-order valence-electron chi connectivity index (χ2n) is 6.91. The van der Waals surface area contributed by atoms with Crippen LogP contribution in [0, 0.1) is 0 Å². The van der Waals surface area contributed by atoms with E-state index in [4.69, 9.17) is 0 Å². The highest BCUT2D eigenvalue weighted by atomic mass is 31.1. The monoisotopic (exact) mass is 405 g/mol. The zero-order valence-corrected chi connectivity index (χ0v) is 17.2. The lowest BCUT2D eigenvalue weighted by Crippen LogP contribution is -2.23. The molecule has 0 fully saturated rings. The van der Waals surface area contributed by atoms with Gasteiger partial charge in [0.1, 0.15) is 5.69 Å². The molecule has 0 saturated heterocycles. The van der Waals surface area contributed by atoms with Crippen molar-refractivity contribution in [2.24, 2.45) is 0 Å². The molecular weight excluding hydrogens is 385 g/mol. The SMILES string of the molecule is c1ccc(-c2cn(-c3ccccc3P(c3ccccc3)c3ccccc3)nn2)cc1. The fourth-order valence-corrected chi connectivity index (χ4v) is 5.99. The van der Waals surface area contributed by atoms with Gasteiger partial charge in [-0.05, 0) is 24.6 Å². The van der Waals surface area contributed by atoms with Crippen LogP contribution in [0.5, 0.6) is 0 Å². The fourth-order valence-electron chi connectivity index (χ4n) is 3.55. The average Bonchev–Trinajstić information content (AvgIpc) is 3.32. The second-order valence-corrected chi connectivity index (χ2v) is 9.10. The van der Waals surface area contributed by atoms with Gasteiger partial charge in [0.2, 0.25) is 0 Å². The van der Waals surface area contributed by atoms with E-state index in [9.17, 15) is 0 Å². The van der Waals surface area contributed by atoms with Crippen molar-refractivity contribution >= 4 is 23.8 Å². The Morgan fingerprint density at radius 2 is 1.10 bits per heavy atom. The fraction of sp³-hybridized carbons (Fsp3) is 0. The summed E-state index contributed by atoms with van der Waals surface area (Å²) in [6, 6.07) is 40.1. The van der Waals surface area contributed by atoms with Crippen LogP contribution in [0.1, 0.15) is 0 Å². The minimum Gasteiger partial charge on any atom is -0.219 e. The van der Waals surface area contributed by atoms with Crippen LogP contribution in [0.3, 0.4) is 0 Å². The van der Waals surface area contributed by atoms with Gasteiger partial charge < -0.3 is 0 Å². The molecule has 5 aromatic rings. The van der Waals surface area contributed by atoms with Crippen molar-refractivity contribution in [1.29, 1.82) is 0 Å². The van der Waals surface area contributed by atoms with E-state index < -0.39 is 7.92 Å². The second kappa shape index (κ2) is 8.44. The number of aromatic nitrogens is 3. The van der Waals surface area contributed by atoms with Crippen molar-refractivity contribution in [2.75, 3.05) is 0 Å². The standard InChI is InChI=1S/C26H20N3P/c1-4-12-21(13-5-1)24-20-29(28-27-24)25-18-10-11-19-26(25)30(22-14-6-2-7-15-22)23-16-8-3-9-17-23/h1-20H. The van der Waals surface area contributed by atoms with Crippen molar-refractivity contribution in [3.8, 4) is 16.9 Å². The Morgan fingerprint density at radius 1 is 0.567 bits per heavy atom. The molecule has 0 saturated carbocycles. The maximum atomic E-state index is 4.47. The van der Waals surface area contributed by atoms with Crippen molar-refractivity contribution in [2.45, 2.75) is 0 Å². The molecular formula is C26H20N3P. The maximum absolute atomic E-state index is 4.47. The van der Waals surface area contributed by atoms with Gasteiger partial charge in [-0.2, -0.15) is 0 Å². The Kier molecular flexibility index (Phi) is 5.20. The molecule has 0 aliphatic heterocycles. The number of para-hydroxylation sites is 1. The zero-order chi connectivity index (χ0) is 20.2. The van der Waals surface area contributed by atoms with Gasteiger partial charge in [-0.25, -0.2) is 4.68 Å². The van der Waals surface area contributed by atoms with Gasteiger partial charge in [0.05, 0.1) is 11.9 Å². The van der Waals surface area contributed by atoms with Crippen LogP contribution in [-0.4, -0.2) is 15.0 Å². The van der Waals surface area contributed by atoms with Crippen molar-refractivity contribution < 1.29 is 0 Å². The molecule has 5 rings (SSSR count). The van der Waals surface area contributed by atoms with Crippen LogP contribution >= 0.6 is 7.92 Å². The Morgan fingerprint density at radius 3 is 1.73 bits per heavy atom. The average molecular weight is 405 g/mol. The van der Waals surface area contributed by atoms with Crippen LogP contribution < -0.4 is 15.9 Å². The molecule has 0 unspecified atom stereocenters. The highest BCUT2D eigenvalue weighted by molar-refractivity contribution is 7.80. The molecule has 0 N–H and O–H groups in total. The Labute approximate surface area is 177 Å². The lowest BCUT2D eigenvalue weighted by Gasteiger charge is -2.21. The first-order valence-electron chi connectivity index (χ1n) is 9.87.